The largest absolute Gasteiger partial charge is 0.393 e. The van der Waals surface area contributed by atoms with Crippen molar-refractivity contribution in [3.8, 4) is 0 Å². The van der Waals surface area contributed by atoms with E-state index in [2.05, 4.69) is 0 Å². The number of likely N-dealkylation sites (tertiary alicyclic amines) is 1. The van der Waals surface area contributed by atoms with Crippen LogP contribution in [0, 0.1) is 11.8 Å². The van der Waals surface area contributed by atoms with Crippen molar-refractivity contribution < 1.29 is 22.8 Å². The Morgan fingerprint density at radius 3 is 2.63 bits per heavy atom. The minimum atomic E-state index is -4.28. The summed E-state index contributed by atoms with van der Waals surface area (Å²) in [4.78, 5) is 28.2. The van der Waals surface area contributed by atoms with Crippen molar-refractivity contribution in [1.82, 2.24) is 4.90 Å². The molecular weight excluding hydrogens is 357 g/mol. The van der Waals surface area contributed by atoms with Crippen LogP contribution in [0.3, 0.4) is 0 Å². The Bertz CT molecular complexity index is 762. The fraction of sp³-hybridized carbons (Fsp3) is 0.600. The van der Waals surface area contributed by atoms with Gasteiger partial charge in [-0.25, -0.2) is 0 Å². The molecule has 0 aromatic heterocycles. The van der Waals surface area contributed by atoms with Gasteiger partial charge in [-0.05, 0) is 55.4 Å². The van der Waals surface area contributed by atoms with Gasteiger partial charge in [-0.3, -0.25) is 9.59 Å². The van der Waals surface area contributed by atoms with Gasteiger partial charge in [0.05, 0.1) is 11.8 Å². The molecule has 0 N–H and O–H groups in total. The highest BCUT2D eigenvalue weighted by Gasteiger charge is 2.45. The average Bonchev–Trinajstić information content (AvgIpc) is 3.26. The summed E-state index contributed by atoms with van der Waals surface area (Å²) in [6.07, 6.45) is -0.614. The molecule has 2 fully saturated rings. The summed E-state index contributed by atoms with van der Waals surface area (Å²) in [7, 11) is 0. The van der Waals surface area contributed by atoms with Gasteiger partial charge < -0.3 is 9.80 Å². The molecule has 1 aliphatic carbocycles. The molecule has 2 aliphatic heterocycles. The second-order valence-electron chi connectivity index (χ2n) is 7.88. The van der Waals surface area contributed by atoms with Crippen LogP contribution in [0.5, 0.6) is 0 Å². The maximum absolute atomic E-state index is 13.0. The van der Waals surface area contributed by atoms with Crippen LogP contribution in [-0.2, 0) is 22.4 Å². The summed E-state index contributed by atoms with van der Waals surface area (Å²) in [5.74, 6) is -2.46. The van der Waals surface area contributed by atoms with E-state index in [4.69, 9.17) is 0 Å². The third-order valence-electron chi connectivity index (χ3n) is 6.06. The molecule has 2 unspecified atom stereocenters. The van der Waals surface area contributed by atoms with Gasteiger partial charge in [0.1, 0.15) is 0 Å². The first kappa shape index (κ1) is 18.3. The summed E-state index contributed by atoms with van der Waals surface area (Å²) in [6.45, 7) is 0.310. The maximum Gasteiger partial charge on any atom is 0.393 e. The first-order valence-corrected chi connectivity index (χ1v) is 9.60. The normalized spacial score (nSPS) is 25.8. The lowest BCUT2D eigenvalue weighted by Crippen LogP contribution is -2.47. The van der Waals surface area contributed by atoms with E-state index in [0.29, 0.717) is 13.0 Å². The molecule has 0 radical (unpaired) electrons. The molecule has 0 spiro atoms. The highest BCUT2D eigenvalue weighted by molar-refractivity contribution is 6.00. The van der Waals surface area contributed by atoms with Gasteiger partial charge in [-0.1, -0.05) is 6.07 Å². The third-order valence-corrected chi connectivity index (χ3v) is 6.06. The lowest BCUT2D eigenvalue weighted by Gasteiger charge is -2.35. The summed E-state index contributed by atoms with van der Waals surface area (Å²) >= 11 is 0. The van der Waals surface area contributed by atoms with Crippen LogP contribution in [0.1, 0.15) is 36.8 Å². The molecule has 27 heavy (non-hydrogen) atoms. The zero-order valence-corrected chi connectivity index (χ0v) is 15.1. The fourth-order valence-electron chi connectivity index (χ4n) is 4.55. The molecule has 4 rings (SSSR count). The number of carbonyl (C=O) groups is 2. The van der Waals surface area contributed by atoms with Gasteiger partial charge in [-0.2, -0.15) is 13.2 Å². The van der Waals surface area contributed by atoms with E-state index in [9.17, 15) is 22.8 Å². The molecule has 2 heterocycles. The number of amides is 2. The molecule has 2 amide bonds. The quantitative estimate of drug-likeness (QED) is 0.790. The Balaban J connectivity index is 1.45. The van der Waals surface area contributed by atoms with E-state index < -0.39 is 18.0 Å². The third kappa shape index (κ3) is 3.56. The first-order chi connectivity index (χ1) is 12.8. The van der Waals surface area contributed by atoms with Crippen molar-refractivity contribution in [2.45, 2.75) is 44.7 Å². The van der Waals surface area contributed by atoms with Gasteiger partial charge in [-0.15, -0.1) is 0 Å². The summed E-state index contributed by atoms with van der Waals surface area (Å²) < 4.78 is 39.0. The van der Waals surface area contributed by atoms with Gasteiger partial charge >= 0.3 is 6.18 Å². The Morgan fingerprint density at radius 1 is 1.07 bits per heavy atom. The van der Waals surface area contributed by atoms with E-state index in [1.807, 2.05) is 18.2 Å². The minimum Gasteiger partial charge on any atom is -0.342 e. The lowest BCUT2D eigenvalue weighted by atomic mass is 9.96. The van der Waals surface area contributed by atoms with Crippen LogP contribution in [0.25, 0.3) is 0 Å². The highest BCUT2D eigenvalue weighted by atomic mass is 19.4. The molecule has 2 saturated heterocycles. The highest BCUT2D eigenvalue weighted by Crippen LogP contribution is 2.35. The molecule has 0 bridgehead atoms. The van der Waals surface area contributed by atoms with E-state index >= 15 is 0 Å². The van der Waals surface area contributed by atoms with Crippen molar-refractivity contribution in [2.24, 2.45) is 11.8 Å². The smallest absolute Gasteiger partial charge is 0.342 e. The lowest BCUT2D eigenvalue weighted by molar-refractivity contribution is -0.188. The molecule has 7 heteroatoms. The number of hydrogen-bond acceptors (Lipinski definition) is 2. The number of anilines is 1. The molecule has 146 valence electrons. The maximum atomic E-state index is 13.0. The number of rotatable bonds is 2. The number of nitrogens with zero attached hydrogens (tertiary/aromatic N) is 2. The van der Waals surface area contributed by atoms with E-state index in [-0.39, 0.29) is 37.7 Å². The summed E-state index contributed by atoms with van der Waals surface area (Å²) in [6, 6.07) is 5.97. The summed E-state index contributed by atoms with van der Waals surface area (Å²) in [5, 5.41) is 0. The summed E-state index contributed by atoms with van der Waals surface area (Å²) in [5.41, 5.74) is 3.35. The van der Waals surface area contributed by atoms with Crippen LogP contribution in [0.2, 0.25) is 0 Å². The van der Waals surface area contributed by atoms with Gasteiger partial charge in [0.2, 0.25) is 11.8 Å². The molecule has 2 atom stereocenters. The Morgan fingerprint density at radius 2 is 1.85 bits per heavy atom. The van der Waals surface area contributed by atoms with Crippen molar-refractivity contribution in [2.75, 3.05) is 24.5 Å². The van der Waals surface area contributed by atoms with Crippen LogP contribution < -0.4 is 4.90 Å². The zero-order chi connectivity index (χ0) is 19.2. The van der Waals surface area contributed by atoms with Crippen LogP contribution >= 0.6 is 0 Å². The van der Waals surface area contributed by atoms with Crippen molar-refractivity contribution in [1.29, 1.82) is 0 Å². The van der Waals surface area contributed by atoms with E-state index in [1.54, 1.807) is 4.90 Å². The number of aryl methyl sites for hydroxylation is 2. The second kappa shape index (κ2) is 6.84. The standard InChI is InChI=1S/C20H23F3N2O2/c21-20(22,23)16-5-2-8-24(12-16)19(27)15-10-18(26)25(11-15)17-7-6-13-3-1-4-14(13)9-17/h6-7,9,15-16H,1-5,8,10-12H2. The predicted molar refractivity (Wildman–Crippen MR) is 94.3 cm³/mol. The molecule has 3 aliphatic rings. The molecule has 0 saturated carbocycles. The van der Waals surface area contributed by atoms with Crippen LogP contribution in [0.15, 0.2) is 18.2 Å². The minimum absolute atomic E-state index is 0.0676. The second-order valence-corrected chi connectivity index (χ2v) is 7.88. The van der Waals surface area contributed by atoms with Gasteiger partial charge in [0.25, 0.3) is 0 Å². The Labute approximate surface area is 156 Å². The van der Waals surface area contributed by atoms with Crippen LogP contribution in [0.4, 0.5) is 18.9 Å². The number of hydrogen-bond donors (Lipinski definition) is 0. The first-order valence-electron chi connectivity index (χ1n) is 9.60. The van der Waals surface area contributed by atoms with Gasteiger partial charge in [0, 0.05) is 31.7 Å². The molecular formula is C20H23F3N2O2. The number of benzene rings is 1. The molecule has 4 nitrogen and oxygen atoms in total. The monoisotopic (exact) mass is 380 g/mol. The molecule has 1 aromatic carbocycles. The number of halogens is 3. The van der Waals surface area contributed by atoms with E-state index in [1.165, 1.54) is 16.0 Å². The average molecular weight is 380 g/mol. The Kier molecular flexibility index (Phi) is 4.64. The SMILES string of the molecule is O=C(C1CC(=O)N(c2ccc3c(c2)CCC3)C1)N1CCCC(C(F)(F)F)C1. The number of fused-ring (bicyclic) bond motifs is 1. The van der Waals surface area contributed by atoms with Crippen molar-refractivity contribution in [3.05, 3.63) is 29.3 Å². The van der Waals surface area contributed by atoms with Gasteiger partial charge in [0.15, 0.2) is 0 Å². The zero-order valence-electron chi connectivity index (χ0n) is 15.1. The number of carbonyl (C=O) groups excluding carboxylic acids is 2. The van der Waals surface area contributed by atoms with Crippen LogP contribution in [-0.4, -0.2) is 42.5 Å². The topological polar surface area (TPSA) is 40.6 Å². The Hall–Kier alpha value is -2.05. The van der Waals surface area contributed by atoms with Crippen molar-refractivity contribution >= 4 is 17.5 Å². The molecule has 1 aromatic rings. The predicted octanol–water partition coefficient (Wildman–Crippen LogP) is 3.33. The number of piperidine rings is 1. The van der Waals surface area contributed by atoms with E-state index in [0.717, 1.165) is 24.9 Å². The fourth-order valence-corrected chi connectivity index (χ4v) is 4.55. The number of alkyl halides is 3. The van der Waals surface area contributed by atoms with Crippen molar-refractivity contribution in [3.63, 3.8) is 0 Å².